The van der Waals surface area contributed by atoms with Gasteiger partial charge < -0.3 is 9.47 Å². The molecule has 0 spiro atoms. The van der Waals surface area contributed by atoms with Gasteiger partial charge in [0.15, 0.2) is 0 Å². The molecule has 0 fully saturated rings. The molecule has 4 heteroatoms. The first kappa shape index (κ1) is 22.0. The minimum atomic E-state index is 0.142. The maximum Gasteiger partial charge on any atom is 0.118 e. The van der Waals surface area contributed by atoms with Crippen molar-refractivity contribution in [3.8, 4) is 23.7 Å². The van der Waals surface area contributed by atoms with Crippen LogP contribution in [0.1, 0.15) is 51.5 Å². The number of benzene rings is 1. The average Bonchev–Trinajstić information content (AvgIpc) is 2.66. The second kappa shape index (κ2) is 14.2. The first-order chi connectivity index (χ1) is 12.7. The summed E-state index contributed by atoms with van der Waals surface area (Å²) < 4.78 is 11.1. The minimum absolute atomic E-state index is 0.142. The van der Waals surface area contributed by atoms with Crippen LogP contribution in [-0.2, 0) is 11.3 Å². The van der Waals surface area contributed by atoms with Gasteiger partial charge in [-0.15, -0.1) is 11.8 Å². The summed E-state index contributed by atoms with van der Waals surface area (Å²) in [6, 6.07) is 10.3. The van der Waals surface area contributed by atoms with Crippen LogP contribution in [0.15, 0.2) is 24.3 Å². The molecule has 4 nitrogen and oxygen atoms in total. The zero-order chi connectivity index (χ0) is 19.0. The molecule has 1 atom stereocenters. The summed E-state index contributed by atoms with van der Waals surface area (Å²) in [6.45, 7) is 7.26. The molecule has 0 unspecified atom stereocenters. The zero-order valence-electron chi connectivity index (χ0n) is 16.5. The van der Waals surface area contributed by atoms with Crippen LogP contribution in [0.4, 0.5) is 0 Å². The zero-order valence-corrected chi connectivity index (χ0v) is 16.5. The molecule has 0 saturated carbocycles. The van der Waals surface area contributed by atoms with Gasteiger partial charge in [0.2, 0.25) is 0 Å². The summed E-state index contributed by atoms with van der Waals surface area (Å²) in [5, 5.41) is 8.88. The van der Waals surface area contributed by atoms with Crippen molar-refractivity contribution in [3.05, 3.63) is 29.8 Å². The predicted molar refractivity (Wildman–Crippen MR) is 106 cm³/mol. The van der Waals surface area contributed by atoms with Gasteiger partial charge in [-0.25, -0.2) is 0 Å². The number of nitriles is 1. The molecule has 1 aromatic carbocycles. The first-order valence-corrected chi connectivity index (χ1v) is 9.49. The molecule has 0 radical (unpaired) electrons. The van der Waals surface area contributed by atoms with Gasteiger partial charge >= 0.3 is 0 Å². The molecule has 142 valence electrons. The molecule has 1 aromatic rings. The van der Waals surface area contributed by atoms with Crippen molar-refractivity contribution in [2.75, 3.05) is 26.8 Å². The van der Waals surface area contributed by atoms with Crippen molar-refractivity contribution in [2.45, 2.75) is 58.6 Å². The van der Waals surface area contributed by atoms with E-state index in [0.717, 1.165) is 38.2 Å². The average molecular weight is 357 g/mol. The Bertz CT molecular complexity index is 581. The van der Waals surface area contributed by atoms with E-state index in [1.165, 1.54) is 18.4 Å². The van der Waals surface area contributed by atoms with Crippen molar-refractivity contribution >= 4 is 0 Å². The SMILES string of the molecule is CCCCC#CC[C@H](C)OCCN(CCC#N)Cc1ccc(OC)cc1. The summed E-state index contributed by atoms with van der Waals surface area (Å²) in [5.41, 5.74) is 1.21. The van der Waals surface area contributed by atoms with Gasteiger partial charge in [-0.1, -0.05) is 25.5 Å². The van der Waals surface area contributed by atoms with Crippen molar-refractivity contribution < 1.29 is 9.47 Å². The molecule has 0 N–H and O–H groups in total. The van der Waals surface area contributed by atoms with Gasteiger partial charge in [0.05, 0.1) is 25.9 Å². The number of ether oxygens (including phenoxy) is 2. The van der Waals surface area contributed by atoms with E-state index in [4.69, 9.17) is 14.7 Å². The lowest BCUT2D eigenvalue weighted by Gasteiger charge is -2.22. The second-order valence-corrected chi connectivity index (χ2v) is 6.37. The van der Waals surface area contributed by atoms with Crippen molar-refractivity contribution in [3.63, 3.8) is 0 Å². The van der Waals surface area contributed by atoms with E-state index in [-0.39, 0.29) is 6.10 Å². The smallest absolute Gasteiger partial charge is 0.118 e. The van der Waals surface area contributed by atoms with Crippen LogP contribution >= 0.6 is 0 Å². The van der Waals surface area contributed by atoms with Crippen molar-refractivity contribution in [1.29, 1.82) is 5.26 Å². The third-order valence-electron chi connectivity index (χ3n) is 4.08. The van der Waals surface area contributed by atoms with E-state index >= 15 is 0 Å². The van der Waals surface area contributed by atoms with E-state index in [0.29, 0.717) is 13.0 Å². The Hall–Kier alpha value is -2.01. The Morgan fingerprint density at radius 1 is 1.12 bits per heavy atom. The van der Waals surface area contributed by atoms with Crippen molar-refractivity contribution in [1.82, 2.24) is 4.90 Å². The molecule has 26 heavy (non-hydrogen) atoms. The number of unbranched alkanes of at least 4 members (excludes halogenated alkanes) is 2. The Kier molecular flexibility index (Phi) is 12.0. The number of nitrogens with zero attached hydrogens (tertiary/aromatic N) is 2. The van der Waals surface area contributed by atoms with Crippen LogP contribution in [0.2, 0.25) is 0 Å². The normalized spacial score (nSPS) is 11.5. The lowest BCUT2D eigenvalue weighted by atomic mass is 10.2. The topological polar surface area (TPSA) is 45.5 Å². The molecule has 0 aromatic heterocycles. The van der Waals surface area contributed by atoms with Crippen molar-refractivity contribution in [2.24, 2.45) is 0 Å². The third-order valence-corrected chi connectivity index (χ3v) is 4.08. The van der Waals surface area contributed by atoms with Crippen LogP contribution in [0.3, 0.4) is 0 Å². The van der Waals surface area contributed by atoms with Crippen LogP contribution < -0.4 is 4.74 Å². The third kappa shape index (κ3) is 10.1. The Morgan fingerprint density at radius 3 is 2.54 bits per heavy atom. The maximum atomic E-state index is 8.88. The Labute approximate surface area is 159 Å². The van der Waals surface area contributed by atoms with Gasteiger partial charge in [-0.05, 0) is 31.0 Å². The van der Waals surface area contributed by atoms with E-state index in [2.05, 4.69) is 48.8 Å². The lowest BCUT2D eigenvalue weighted by molar-refractivity contribution is 0.0502. The molecule has 0 aliphatic rings. The Balaban J connectivity index is 2.38. The maximum absolute atomic E-state index is 8.88. The number of methoxy groups -OCH3 is 1. The molecule has 1 rings (SSSR count). The number of hydrogen-bond donors (Lipinski definition) is 0. The monoisotopic (exact) mass is 356 g/mol. The fourth-order valence-electron chi connectivity index (χ4n) is 2.48. The van der Waals surface area contributed by atoms with Crippen LogP contribution in [0, 0.1) is 23.2 Å². The highest BCUT2D eigenvalue weighted by Gasteiger charge is 2.08. The van der Waals surface area contributed by atoms with E-state index in [9.17, 15) is 0 Å². The summed E-state index contributed by atoms with van der Waals surface area (Å²) >= 11 is 0. The lowest BCUT2D eigenvalue weighted by Crippen LogP contribution is -2.29. The van der Waals surface area contributed by atoms with Gasteiger partial charge in [-0.2, -0.15) is 5.26 Å². The molecule has 0 amide bonds. The molecule has 0 aliphatic carbocycles. The fraction of sp³-hybridized carbons (Fsp3) is 0.591. The molecule has 0 aliphatic heterocycles. The van der Waals surface area contributed by atoms with Crippen LogP contribution in [0.25, 0.3) is 0 Å². The number of rotatable bonds is 12. The first-order valence-electron chi connectivity index (χ1n) is 9.49. The van der Waals surface area contributed by atoms with Gasteiger partial charge in [-0.3, -0.25) is 4.90 Å². The Morgan fingerprint density at radius 2 is 1.88 bits per heavy atom. The molecular formula is C22H32N2O2. The summed E-state index contributed by atoms with van der Waals surface area (Å²) in [4.78, 5) is 2.25. The highest BCUT2D eigenvalue weighted by molar-refractivity contribution is 5.27. The van der Waals surface area contributed by atoms with E-state index < -0.39 is 0 Å². The van der Waals surface area contributed by atoms with E-state index in [1.54, 1.807) is 7.11 Å². The van der Waals surface area contributed by atoms with E-state index in [1.807, 2.05) is 12.1 Å². The minimum Gasteiger partial charge on any atom is -0.497 e. The summed E-state index contributed by atoms with van der Waals surface area (Å²) in [7, 11) is 1.67. The predicted octanol–water partition coefficient (Wildman–Crippen LogP) is 4.40. The summed E-state index contributed by atoms with van der Waals surface area (Å²) in [5.74, 6) is 7.26. The molecule has 0 bridgehead atoms. The largest absolute Gasteiger partial charge is 0.497 e. The highest BCUT2D eigenvalue weighted by atomic mass is 16.5. The van der Waals surface area contributed by atoms with Gasteiger partial charge in [0.25, 0.3) is 0 Å². The molecule has 0 saturated heterocycles. The quantitative estimate of drug-likeness (QED) is 0.411. The van der Waals surface area contributed by atoms with Gasteiger partial charge in [0.1, 0.15) is 5.75 Å². The van der Waals surface area contributed by atoms with Crippen LogP contribution in [-0.4, -0.2) is 37.8 Å². The fourth-order valence-corrected chi connectivity index (χ4v) is 2.48. The van der Waals surface area contributed by atoms with Crippen LogP contribution in [0.5, 0.6) is 5.75 Å². The standard InChI is InChI=1S/C22H32N2O2/c1-4-5-6-7-8-10-20(2)26-18-17-24(16-9-15-23)19-21-11-13-22(25-3)14-12-21/h11-14,20H,4-6,9-10,16-19H2,1-3H3/t20-/m0/s1. The van der Waals surface area contributed by atoms with Gasteiger partial charge in [0, 0.05) is 38.9 Å². The second-order valence-electron chi connectivity index (χ2n) is 6.37. The highest BCUT2D eigenvalue weighted by Crippen LogP contribution is 2.13. The molecule has 0 heterocycles. The molecular weight excluding hydrogens is 324 g/mol. The summed E-state index contributed by atoms with van der Waals surface area (Å²) in [6.07, 6.45) is 4.78. The number of hydrogen-bond acceptors (Lipinski definition) is 4.